The minimum atomic E-state index is -0.800. The van der Waals surface area contributed by atoms with Gasteiger partial charge in [0, 0.05) is 20.1 Å². The number of esters is 1. The van der Waals surface area contributed by atoms with Crippen LogP contribution in [0.15, 0.2) is 24.3 Å². The molecule has 1 aromatic carbocycles. The largest absolute Gasteiger partial charge is 0.466 e. The Kier molecular flexibility index (Phi) is 9.50. The van der Waals surface area contributed by atoms with Crippen LogP contribution in [0.5, 0.6) is 0 Å². The first-order valence-electron chi connectivity index (χ1n) is 10.9. The molecule has 1 aliphatic rings. The highest BCUT2D eigenvalue weighted by molar-refractivity contribution is 6.33. The van der Waals surface area contributed by atoms with Crippen LogP contribution in [-0.2, 0) is 19.1 Å². The highest BCUT2D eigenvalue weighted by Gasteiger charge is 2.32. The highest BCUT2D eigenvalue weighted by Crippen LogP contribution is 2.19. The Morgan fingerprint density at radius 2 is 1.81 bits per heavy atom. The number of amides is 3. The van der Waals surface area contributed by atoms with Gasteiger partial charge in [-0.1, -0.05) is 37.6 Å². The fourth-order valence-corrected chi connectivity index (χ4v) is 3.84. The molecule has 0 bridgehead atoms. The normalized spacial score (nSPS) is 15.2. The van der Waals surface area contributed by atoms with Crippen molar-refractivity contribution in [3.63, 3.8) is 0 Å². The summed E-state index contributed by atoms with van der Waals surface area (Å²) in [6, 6.07) is 5.82. The van der Waals surface area contributed by atoms with Crippen molar-refractivity contribution in [2.75, 3.05) is 33.3 Å². The molecule has 32 heavy (non-hydrogen) atoms. The van der Waals surface area contributed by atoms with E-state index in [0.717, 1.165) is 0 Å². The minimum absolute atomic E-state index is 0.103. The van der Waals surface area contributed by atoms with Crippen molar-refractivity contribution in [3.8, 4) is 0 Å². The molecule has 0 aromatic heterocycles. The van der Waals surface area contributed by atoms with Crippen molar-refractivity contribution >= 4 is 35.3 Å². The first-order chi connectivity index (χ1) is 15.1. The number of hydrogen-bond acceptors (Lipinski definition) is 5. The van der Waals surface area contributed by atoms with Crippen LogP contribution in [0.3, 0.4) is 0 Å². The van der Waals surface area contributed by atoms with Crippen LogP contribution in [0.2, 0.25) is 5.02 Å². The third-order valence-corrected chi connectivity index (χ3v) is 5.88. The summed E-state index contributed by atoms with van der Waals surface area (Å²) in [5.41, 5.74) is 0.288. The van der Waals surface area contributed by atoms with Gasteiger partial charge in [-0.2, -0.15) is 0 Å². The van der Waals surface area contributed by atoms with Crippen LogP contribution in [0.25, 0.3) is 0 Å². The Morgan fingerprint density at radius 3 is 2.38 bits per heavy atom. The molecule has 1 fully saturated rings. The van der Waals surface area contributed by atoms with Gasteiger partial charge in [-0.25, -0.2) is 0 Å². The van der Waals surface area contributed by atoms with Crippen molar-refractivity contribution in [1.82, 2.24) is 15.1 Å². The van der Waals surface area contributed by atoms with Gasteiger partial charge in [-0.15, -0.1) is 0 Å². The lowest BCUT2D eigenvalue weighted by Crippen LogP contribution is -2.53. The molecule has 1 N–H and O–H groups in total. The number of halogens is 1. The molecular weight excluding hydrogens is 434 g/mol. The molecule has 1 heterocycles. The number of carbonyl (C=O) groups excluding carboxylic acids is 4. The highest BCUT2D eigenvalue weighted by atomic mass is 35.5. The Labute approximate surface area is 194 Å². The third kappa shape index (κ3) is 6.69. The number of carbonyl (C=O) groups is 4. The average Bonchev–Trinajstić information content (AvgIpc) is 2.77. The zero-order chi connectivity index (χ0) is 23.8. The standard InChI is InChI=1S/C23H32ClN3O5/c1-5-32-23(31)16-10-12-27(13-11-16)19(28)14-26(4)22(30)20(15(2)3)25-21(29)17-8-6-7-9-18(17)24/h6-9,15-16,20H,5,10-14H2,1-4H3,(H,25,29). The van der Waals surface area contributed by atoms with Crippen molar-refractivity contribution in [2.45, 2.75) is 39.7 Å². The van der Waals surface area contributed by atoms with E-state index in [9.17, 15) is 19.2 Å². The number of nitrogens with one attached hydrogen (secondary N) is 1. The van der Waals surface area contributed by atoms with E-state index in [4.69, 9.17) is 16.3 Å². The average molecular weight is 466 g/mol. The van der Waals surface area contributed by atoms with E-state index in [1.54, 1.807) is 43.1 Å². The van der Waals surface area contributed by atoms with Crippen LogP contribution < -0.4 is 5.32 Å². The second-order valence-electron chi connectivity index (χ2n) is 8.28. The molecule has 1 aliphatic heterocycles. The monoisotopic (exact) mass is 465 g/mol. The van der Waals surface area contributed by atoms with Gasteiger partial charge in [-0.05, 0) is 37.8 Å². The maximum Gasteiger partial charge on any atom is 0.309 e. The summed E-state index contributed by atoms with van der Waals surface area (Å²) < 4.78 is 5.05. The number of piperidine rings is 1. The summed E-state index contributed by atoms with van der Waals surface area (Å²) in [5, 5.41) is 3.05. The molecule has 0 saturated carbocycles. The second-order valence-corrected chi connectivity index (χ2v) is 8.68. The number of ether oxygens (including phenoxy) is 1. The Morgan fingerprint density at radius 1 is 1.19 bits per heavy atom. The lowest BCUT2D eigenvalue weighted by Gasteiger charge is -2.33. The first kappa shape index (κ1) is 25.6. The van der Waals surface area contributed by atoms with E-state index < -0.39 is 11.9 Å². The van der Waals surface area contributed by atoms with E-state index >= 15 is 0 Å². The van der Waals surface area contributed by atoms with E-state index in [0.29, 0.717) is 37.6 Å². The topological polar surface area (TPSA) is 96.0 Å². The molecule has 2 rings (SSSR count). The summed E-state index contributed by atoms with van der Waals surface area (Å²) in [4.78, 5) is 53.2. The quantitative estimate of drug-likeness (QED) is 0.594. The maximum atomic E-state index is 13.0. The zero-order valence-corrected chi connectivity index (χ0v) is 19.9. The zero-order valence-electron chi connectivity index (χ0n) is 19.1. The molecule has 1 aromatic rings. The predicted molar refractivity (Wildman–Crippen MR) is 121 cm³/mol. The molecule has 1 saturated heterocycles. The van der Waals surface area contributed by atoms with Gasteiger partial charge in [-0.3, -0.25) is 19.2 Å². The lowest BCUT2D eigenvalue weighted by atomic mass is 9.97. The van der Waals surface area contributed by atoms with E-state index in [1.807, 2.05) is 13.8 Å². The van der Waals surface area contributed by atoms with Gasteiger partial charge in [0.15, 0.2) is 0 Å². The summed E-state index contributed by atoms with van der Waals surface area (Å²) in [7, 11) is 1.54. The first-order valence-corrected chi connectivity index (χ1v) is 11.3. The Hall–Kier alpha value is -2.61. The number of benzene rings is 1. The van der Waals surface area contributed by atoms with Crippen LogP contribution in [-0.4, -0.2) is 72.8 Å². The fraction of sp³-hybridized carbons (Fsp3) is 0.565. The Bertz CT molecular complexity index is 837. The van der Waals surface area contributed by atoms with Gasteiger partial charge >= 0.3 is 5.97 Å². The number of likely N-dealkylation sites (N-methyl/N-ethyl adjacent to an activating group) is 1. The molecule has 176 valence electrons. The Balaban J connectivity index is 1.94. The van der Waals surface area contributed by atoms with Crippen LogP contribution in [0.1, 0.15) is 44.0 Å². The summed E-state index contributed by atoms with van der Waals surface area (Å²) in [6.45, 7) is 6.55. The molecule has 9 heteroatoms. The van der Waals surface area contributed by atoms with Gasteiger partial charge in [0.25, 0.3) is 5.91 Å². The van der Waals surface area contributed by atoms with Crippen molar-refractivity contribution in [2.24, 2.45) is 11.8 Å². The van der Waals surface area contributed by atoms with Crippen LogP contribution >= 0.6 is 11.6 Å². The number of likely N-dealkylation sites (tertiary alicyclic amines) is 1. The van der Waals surface area contributed by atoms with Gasteiger partial charge in [0.2, 0.25) is 11.8 Å². The van der Waals surface area contributed by atoms with E-state index in [2.05, 4.69) is 5.32 Å². The van der Waals surface area contributed by atoms with Gasteiger partial charge in [0.1, 0.15) is 6.04 Å². The maximum absolute atomic E-state index is 13.0. The van der Waals surface area contributed by atoms with Crippen LogP contribution in [0.4, 0.5) is 0 Å². The SMILES string of the molecule is CCOC(=O)C1CCN(C(=O)CN(C)C(=O)C(NC(=O)c2ccccc2Cl)C(C)C)CC1. The molecule has 3 amide bonds. The van der Waals surface area contributed by atoms with Gasteiger partial charge < -0.3 is 19.9 Å². The van der Waals surface area contributed by atoms with Crippen LogP contribution in [0, 0.1) is 11.8 Å². The van der Waals surface area contributed by atoms with Crippen molar-refractivity contribution in [1.29, 1.82) is 0 Å². The molecule has 1 atom stereocenters. The van der Waals surface area contributed by atoms with Crippen molar-refractivity contribution < 1.29 is 23.9 Å². The molecule has 0 spiro atoms. The molecule has 0 radical (unpaired) electrons. The van der Waals surface area contributed by atoms with Gasteiger partial charge in [0.05, 0.1) is 29.7 Å². The lowest BCUT2D eigenvalue weighted by molar-refractivity contribution is -0.151. The number of rotatable bonds is 8. The summed E-state index contributed by atoms with van der Waals surface area (Å²) in [5.74, 6) is -1.59. The molecular formula is C23H32ClN3O5. The molecule has 8 nitrogen and oxygen atoms in total. The van der Waals surface area contributed by atoms with Crippen molar-refractivity contribution in [3.05, 3.63) is 34.9 Å². The third-order valence-electron chi connectivity index (χ3n) is 5.55. The number of nitrogens with zero attached hydrogens (tertiary/aromatic N) is 2. The van der Waals surface area contributed by atoms with E-state index in [1.165, 1.54) is 4.90 Å². The summed E-state index contributed by atoms with van der Waals surface area (Å²) in [6.07, 6.45) is 1.09. The minimum Gasteiger partial charge on any atom is -0.466 e. The molecule has 0 aliphatic carbocycles. The summed E-state index contributed by atoms with van der Waals surface area (Å²) >= 11 is 6.09. The second kappa shape index (κ2) is 11.9. The fourth-order valence-electron chi connectivity index (χ4n) is 3.62. The predicted octanol–water partition coefficient (Wildman–Crippen LogP) is 2.35. The smallest absolute Gasteiger partial charge is 0.309 e. The van der Waals surface area contributed by atoms with E-state index in [-0.39, 0.29) is 41.7 Å². The molecule has 1 unspecified atom stereocenters. The number of hydrogen-bond donors (Lipinski definition) is 1.